The second kappa shape index (κ2) is 4.93. The van der Waals surface area contributed by atoms with Crippen LogP contribution < -0.4 is 0 Å². The van der Waals surface area contributed by atoms with Gasteiger partial charge in [0.05, 0.1) is 18.2 Å². The molecule has 2 rings (SSSR count). The van der Waals surface area contributed by atoms with Gasteiger partial charge in [0.25, 0.3) is 0 Å². The van der Waals surface area contributed by atoms with Crippen molar-refractivity contribution in [3.8, 4) is 6.07 Å². The molecule has 0 spiro atoms. The Balaban J connectivity index is 2.21. The molecule has 0 aliphatic heterocycles. The molecule has 6 heteroatoms. The Labute approximate surface area is 115 Å². The Kier molecular flexibility index (Phi) is 3.56. The van der Waals surface area contributed by atoms with Crippen LogP contribution in [0.4, 0.5) is 0 Å². The number of halogens is 2. The lowest BCUT2D eigenvalue weighted by atomic mass is 10.1. The van der Waals surface area contributed by atoms with E-state index in [2.05, 4.69) is 54.9 Å². The van der Waals surface area contributed by atoms with Gasteiger partial charge in [-0.25, -0.2) is 4.68 Å². The zero-order valence-corrected chi connectivity index (χ0v) is 11.8. The molecule has 0 aliphatic rings. The second-order valence-corrected chi connectivity index (χ2v) is 4.91. The van der Waals surface area contributed by atoms with E-state index >= 15 is 0 Å². The van der Waals surface area contributed by atoms with Crippen molar-refractivity contribution in [2.24, 2.45) is 0 Å². The zero-order valence-electron chi connectivity index (χ0n) is 8.06. The third kappa shape index (κ3) is 2.41. The van der Waals surface area contributed by atoms with Crippen LogP contribution in [0.15, 0.2) is 28.9 Å². The molecule has 0 N–H and O–H groups in total. The number of rotatable bonds is 2. The fourth-order valence-electron chi connectivity index (χ4n) is 1.24. The van der Waals surface area contributed by atoms with Crippen molar-refractivity contribution >= 4 is 38.5 Å². The van der Waals surface area contributed by atoms with E-state index in [9.17, 15) is 0 Å². The lowest BCUT2D eigenvalue weighted by Gasteiger charge is -2.02. The summed E-state index contributed by atoms with van der Waals surface area (Å²) in [6, 6.07) is 9.53. The normalized spacial score (nSPS) is 10.1. The molecule has 0 bridgehead atoms. The van der Waals surface area contributed by atoms with Crippen molar-refractivity contribution < 1.29 is 0 Å². The first-order valence-corrected chi connectivity index (χ1v) is 6.31. The maximum atomic E-state index is 8.68. The van der Waals surface area contributed by atoms with Crippen LogP contribution in [-0.4, -0.2) is 15.0 Å². The number of aromatic nitrogens is 3. The summed E-state index contributed by atoms with van der Waals surface area (Å²) in [6.45, 7) is 0.655. The van der Waals surface area contributed by atoms with E-state index in [1.807, 2.05) is 12.1 Å². The van der Waals surface area contributed by atoms with Crippen molar-refractivity contribution in [2.45, 2.75) is 6.54 Å². The molecule has 0 unspecified atom stereocenters. The van der Waals surface area contributed by atoms with Crippen molar-refractivity contribution in [3.63, 3.8) is 0 Å². The van der Waals surface area contributed by atoms with Gasteiger partial charge in [-0.05, 0) is 56.2 Å². The van der Waals surface area contributed by atoms with Crippen LogP contribution in [-0.2, 0) is 6.54 Å². The lowest BCUT2D eigenvalue weighted by Crippen LogP contribution is -2.03. The molecule has 2 aromatic rings. The summed E-state index contributed by atoms with van der Waals surface area (Å²) in [5.74, 6) is 0. The highest BCUT2D eigenvalue weighted by molar-refractivity contribution is 14.1. The SMILES string of the molecule is N#Cc1ccc(Cn2nnc(Br)c2I)cc1. The minimum Gasteiger partial charge on any atom is -0.234 e. The van der Waals surface area contributed by atoms with E-state index in [-0.39, 0.29) is 0 Å². The Bertz CT molecular complexity index is 541. The highest BCUT2D eigenvalue weighted by Crippen LogP contribution is 2.16. The summed E-state index contributed by atoms with van der Waals surface area (Å²) in [4.78, 5) is 0. The van der Waals surface area contributed by atoms with Crippen LogP contribution in [0.2, 0.25) is 0 Å². The summed E-state index contributed by atoms with van der Waals surface area (Å²) in [5, 5.41) is 16.6. The Morgan fingerprint density at radius 1 is 1.38 bits per heavy atom. The van der Waals surface area contributed by atoms with E-state index in [4.69, 9.17) is 5.26 Å². The minimum absolute atomic E-state index is 0.655. The molecule has 0 atom stereocenters. The van der Waals surface area contributed by atoms with Gasteiger partial charge < -0.3 is 0 Å². The maximum Gasteiger partial charge on any atom is 0.161 e. The first-order valence-electron chi connectivity index (χ1n) is 4.44. The third-order valence-electron chi connectivity index (χ3n) is 2.05. The van der Waals surface area contributed by atoms with E-state index in [1.165, 1.54) is 0 Å². The first kappa shape index (κ1) is 11.5. The fourth-order valence-corrected chi connectivity index (χ4v) is 1.89. The predicted octanol–water partition coefficient (Wildman–Crippen LogP) is 2.57. The van der Waals surface area contributed by atoms with Gasteiger partial charge in [0.15, 0.2) is 4.60 Å². The number of nitrogens with zero attached hydrogens (tertiary/aromatic N) is 4. The van der Waals surface area contributed by atoms with Crippen molar-refractivity contribution in [1.29, 1.82) is 5.26 Å². The molecule has 0 fully saturated rings. The van der Waals surface area contributed by atoms with Gasteiger partial charge in [0, 0.05) is 0 Å². The third-order valence-corrected chi connectivity index (χ3v) is 4.40. The Morgan fingerprint density at radius 3 is 2.56 bits per heavy atom. The maximum absolute atomic E-state index is 8.68. The molecule has 1 aromatic heterocycles. The van der Waals surface area contributed by atoms with Gasteiger partial charge in [0.2, 0.25) is 0 Å². The molecule has 0 saturated heterocycles. The van der Waals surface area contributed by atoms with Gasteiger partial charge >= 0.3 is 0 Å². The number of nitriles is 1. The quantitative estimate of drug-likeness (QED) is 0.743. The smallest absolute Gasteiger partial charge is 0.161 e. The summed E-state index contributed by atoms with van der Waals surface area (Å²) in [6.07, 6.45) is 0. The average molecular weight is 389 g/mol. The van der Waals surface area contributed by atoms with Crippen LogP contribution >= 0.6 is 38.5 Å². The number of benzene rings is 1. The molecular formula is C10H6BrIN4. The Hall–Kier alpha value is -0.940. The first-order chi connectivity index (χ1) is 7.70. The van der Waals surface area contributed by atoms with E-state index in [0.717, 1.165) is 13.9 Å². The van der Waals surface area contributed by atoms with Crippen molar-refractivity contribution in [2.75, 3.05) is 0 Å². The number of hydrogen-bond donors (Lipinski definition) is 0. The molecule has 0 amide bonds. The van der Waals surface area contributed by atoms with Crippen LogP contribution in [0.1, 0.15) is 11.1 Å². The molecule has 1 heterocycles. The van der Waals surface area contributed by atoms with Crippen molar-refractivity contribution in [1.82, 2.24) is 15.0 Å². The largest absolute Gasteiger partial charge is 0.234 e. The Morgan fingerprint density at radius 2 is 2.06 bits per heavy atom. The molecule has 0 aliphatic carbocycles. The molecule has 0 saturated carbocycles. The molecule has 80 valence electrons. The predicted molar refractivity (Wildman–Crippen MR) is 70.7 cm³/mol. The summed E-state index contributed by atoms with van der Waals surface area (Å²) < 4.78 is 3.51. The lowest BCUT2D eigenvalue weighted by molar-refractivity contribution is 0.636. The van der Waals surface area contributed by atoms with E-state index in [0.29, 0.717) is 12.1 Å². The number of hydrogen-bond acceptors (Lipinski definition) is 3. The van der Waals surface area contributed by atoms with Crippen molar-refractivity contribution in [3.05, 3.63) is 43.7 Å². The molecule has 0 radical (unpaired) electrons. The molecular weight excluding hydrogens is 383 g/mol. The molecule has 1 aromatic carbocycles. The van der Waals surface area contributed by atoms with Gasteiger partial charge in [-0.1, -0.05) is 17.3 Å². The topological polar surface area (TPSA) is 54.5 Å². The molecule has 4 nitrogen and oxygen atoms in total. The van der Waals surface area contributed by atoms with Gasteiger partial charge in [0.1, 0.15) is 3.70 Å². The fraction of sp³-hybridized carbons (Fsp3) is 0.100. The highest BCUT2D eigenvalue weighted by Gasteiger charge is 2.07. The van der Waals surface area contributed by atoms with Gasteiger partial charge in [-0.3, -0.25) is 0 Å². The second-order valence-electron chi connectivity index (χ2n) is 3.14. The van der Waals surface area contributed by atoms with Crippen LogP contribution in [0, 0.1) is 15.0 Å². The minimum atomic E-state index is 0.655. The monoisotopic (exact) mass is 388 g/mol. The van der Waals surface area contributed by atoms with Crippen LogP contribution in [0.3, 0.4) is 0 Å². The van der Waals surface area contributed by atoms with Crippen LogP contribution in [0.25, 0.3) is 0 Å². The van der Waals surface area contributed by atoms with E-state index < -0.39 is 0 Å². The molecule has 16 heavy (non-hydrogen) atoms. The average Bonchev–Trinajstić information content (AvgIpc) is 2.62. The summed E-state index contributed by atoms with van der Waals surface area (Å²) in [7, 11) is 0. The standard InChI is InChI=1S/C10H6BrIN4/c11-9-10(12)16(15-14-9)6-8-3-1-7(5-13)2-4-8/h1-4H,6H2. The zero-order chi connectivity index (χ0) is 11.5. The summed E-state index contributed by atoms with van der Waals surface area (Å²) in [5.41, 5.74) is 1.76. The van der Waals surface area contributed by atoms with Gasteiger partial charge in [-0.15, -0.1) is 5.10 Å². The van der Waals surface area contributed by atoms with Crippen LogP contribution in [0.5, 0.6) is 0 Å². The summed E-state index contributed by atoms with van der Waals surface area (Å²) >= 11 is 5.49. The van der Waals surface area contributed by atoms with Gasteiger partial charge in [-0.2, -0.15) is 5.26 Å². The highest BCUT2D eigenvalue weighted by atomic mass is 127. The van der Waals surface area contributed by atoms with E-state index in [1.54, 1.807) is 16.8 Å².